The van der Waals surface area contributed by atoms with Crippen molar-refractivity contribution in [2.75, 3.05) is 55.7 Å². The molecule has 1 atom stereocenters. The number of aromatic nitrogens is 7. The number of hydrogen-bond acceptors (Lipinski definition) is 11. The van der Waals surface area contributed by atoms with Gasteiger partial charge in [0, 0.05) is 78.4 Å². The molecule has 2 fully saturated rings. The number of carbonyl (C=O) groups excluding carboxylic acids is 1. The first-order valence-corrected chi connectivity index (χ1v) is 16.7. The lowest BCUT2D eigenvalue weighted by Crippen LogP contribution is -2.48. The number of carbonyl (C=O) groups is 1. The molecule has 250 valence electrons. The molecule has 0 spiro atoms. The molecule has 5 aromatic rings. The van der Waals surface area contributed by atoms with E-state index in [0.29, 0.717) is 37.1 Å². The van der Waals surface area contributed by atoms with Crippen LogP contribution in [0.5, 0.6) is 0 Å². The van der Waals surface area contributed by atoms with Crippen molar-refractivity contribution in [2.45, 2.75) is 48.8 Å². The van der Waals surface area contributed by atoms with E-state index >= 15 is 0 Å². The first kappa shape index (κ1) is 31.8. The Morgan fingerprint density at radius 1 is 0.979 bits per heavy atom. The summed E-state index contributed by atoms with van der Waals surface area (Å²) >= 11 is 1.31. The van der Waals surface area contributed by atoms with Gasteiger partial charge in [0.15, 0.2) is 5.82 Å². The summed E-state index contributed by atoms with van der Waals surface area (Å²) in [4.78, 5) is 33.8. The third kappa shape index (κ3) is 7.21. The van der Waals surface area contributed by atoms with Crippen LogP contribution < -0.4 is 9.80 Å². The van der Waals surface area contributed by atoms with E-state index in [1.165, 1.54) is 17.8 Å². The van der Waals surface area contributed by atoms with E-state index in [-0.39, 0.29) is 18.0 Å². The largest absolute Gasteiger partial charge is 0.444 e. The summed E-state index contributed by atoms with van der Waals surface area (Å²) in [5, 5.41) is 9.04. The van der Waals surface area contributed by atoms with Crippen molar-refractivity contribution in [1.82, 2.24) is 39.2 Å². The summed E-state index contributed by atoms with van der Waals surface area (Å²) in [5.41, 5.74) is 2.28. The quantitative estimate of drug-likeness (QED) is 0.241. The highest BCUT2D eigenvalue weighted by atomic mass is 32.2. The minimum absolute atomic E-state index is 0.190. The average molecular weight is 673 g/mol. The minimum Gasteiger partial charge on any atom is -0.444 e. The van der Waals surface area contributed by atoms with E-state index in [1.807, 2.05) is 54.6 Å². The number of anilines is 2. The number of hydrogen-bond donors (Lipinski definition) is 0. The number of benzene rings is 1. The molecule has 2 aliphatic rings. The number of halogens is 1. The van der Waals surface area contributed by atoms with Gasteiger partial charge < -0.3 is 24.2 Å². The molecule has 15 heteroatoms. The van der Waals surface area contributed by atoms with Crippen molar-refractivity contribution < 1.29 is 18.7 Å². The van der Waals surface area contributed by atoms with Crippen LogP contribution in [0.2, 0.25) is 0 Å². The Hall–Kier alpha value is -4.76. The Balaban J connectivity index is 0.977. The second-order valence-electron chi connectivity index (χ2n) is 12.7. The zero-order valence-corrected chi connectivity index (χ0v) is 27.9. The Morgan fingerprint density at radius 2 is 1.75 bits per heavy atom. The van der Waals surface area contributed by atoms with E-state index in [0.717, 1.165) is 53.5 Å². The number of fused-ring (bicyclic) bond motifs is 1. The molecule has 1 amide bonds. The van der Waals surface area contributed by atoms with E-state index in [2.05, 4.69) is 41.0 Å². The number of morpholine rings is 1. The molecule has 1 unspecified atom stereocenters. The maximum Gasteiger partial charge on any atom is 0.410 e. The molecule has 48 heavy (non-hydrogen) atoms. The molecule has 0 saturated carbocycles. The lowest BCUT2D eigenvalue weighted by atomic mass is 10.2. The van der Waals surface area contributed by atoms with E-state index in [4.69, 9.17) is 9.47 Å². The predicted octanol–water partition coefficient (Wildman–Crippen LogP) is 4.64. The third-order valence-electron chi connectivity index (χ3n) is 8.07. The van der Waals surface area contributed by atoms with Gasteiger partial charge in [-0.3, -0.25) is 4.68 Å². The van der Waals surface area contributed by atoms with Crippen LogP contribution in [0.1, 0.15) is 20.8 Å². The fourth-order valence-electron chi connectivity index (χ4n) is 5.76. The van der Waals surface area contributed by atoms with E-state index in [9.17, 15) is 9.18 Å². The van der Waals surface area contributed by atoms with Gasteiger partial charge >= 0.3 is 6.09 Å². The highest BCUT2D eigenvalue weighted by molar-refractivity contribution is 7.99. The Bertz CT molecular complexity index is 1880. The average Bonchev–Trinajstić information content (AvgIpc) is 3.73. The smallest absolute Gasteiger partial charge is 0.410 e. The maximum atomic E-state index is 14.0. The summed E-state index contributed by atoms with van der Waals surface area (Å²) in [7, 11) is 0. The van der Waals surface area contributed by atoms with Gasteiger partial charge in [0.1, 0.15) is 23.3 Å². The topological polar surface area (TPSA) is 119 Å². The van der Waals surface area contributed by atoms with Gasteiger partial charge in [-0.15, -0.1) is 0 Å². The van der Waals surface area contributed by atoms with Crippen molar-refractivity contribution in [2.24, 2.45) is 0 Å². The molecule has 0 bridgehead atoms. The lowest BCUT2D eigenvalue weighted by molar-refractivity contribution is -0.0483. The van der Waals surface area contributed by atoms with Gasteiger partial charge in [0.2, 0.25) is 5.95 Å². The minimum atomic E-state index is -0.545. The van der Waals surface area contributed by atoms with Crippen LogP contribution in [0.15, 0.2) is 77.4 Å². The second-order valence-corrected chi connectivity index (χ2v) is 13.9. The molecule has 0 radical (unpaired) electrons. The van der Waals surface area contributed by atoms with Gasteiger partial charge in [0.05, 0.1) is 32.0 Å². The lowest BCUT2D eigenvalue weighted by Gasteiger charge is -2.35. The van der Waals surface area contributed by atoms with Crippen LogP contribution in [0.4, 0.5) is 21.0 Å². The number of rotatable bonds is 7. The van der Waals surface area contributed by atoms with Crippen molar-refractivity contribution in [3.63, 3.8) is 0 Å². The molecular formula is C33H37FN10O3S. The van der Waals surface area contributed by atoms with Crippen LogP contribution in [0, 0.1) is 5.82 Å². The standard InChI is InChI=1S/C33H37FN10O3S/c1-33(2,3)47-32(45)42-12-13-46-25(20-42)21-43-18-24(15-38-43)23-14-28-30(37-22-39-44(28)19-23)40-8-10-41(11-9-40)31-35-16-26(17-36-31)48-29-7-5-4-6-27(29)34/h4-7,14-19,22,25H,8-13,20-21H2,1-3H3. The molecule has 2 saturated heterocycles. The van der Waals surface area contributed by atoms with Crippen molar-refractivity contribution in [3.05, 3.63) is 73.5 Å². The summed E-state index contributed by atoms with van der Waals surface area (Å²) in [6.07, 6.45) is 10.3. The molecule has 7 rings (SSSR count). The molecule has 6 heterocycles. The predicted molar refractivity (Wildman–Crippen MR) is 179 cm³/mol. The monoisotopic (exact) mass is 672 g/mol. The first-order valence-electron chi connectivity index (χ1n) is 15.9. The van der Waals surface area contributed by atoms with Gasteiger partial charge in [-0.25, -0.2) is 28.7 Å². The maximum absolute atomic E-state index is 14.0. The normalized spacial score (nSPS) is 17.2. The molecule has 13 nitrogen and oxygen atoms in total. The molecular weight excluding hydrogens is 635 g/mol. The third-order valence-corrected chi connectivity index (χ3v) is 9.07. The fourth-order valence-corrected chi connectivity index (χ4v) is 6.54. The Labute approximate surface area is 281 Å². The zero-order valence-electron chi connectivity index (χ0n) is 27.1. The highest BCUT2D eigenvalue weighted by Crippen LogP contribution is 2.30. The number of ether oxygens (including phenoxy) is 2. The van der Waals surface area contributed by atoms with Crippen LogP contribution in [-0.4, -0.2) is 103 Å². The molecule has 2 aliphatic heterocycles. The molecule has 4 aromatic heterocycles. The van der Waals surface area contributed by atoms with Gasteiger partial charge in [-0.2, -0.15) is 10.2 Å². The molecule has 0 N–H and O–H groups in total. The van der Waals surface area contributed by atoms with Crippen molar-refractivity contribution in [1.29, 1.82) is 0 Å². The summed E-state index contributed by atoms with van der Waals surface area (Å²) < 4.78 is 29.2. The van der Waals surface area contributed by atoms with Crippen molar-refractivity contribution in [3.8, 4) is 11.1 Å². The number of amides is 1. The van der Waals surface area contributed by atoms with Crippen molar-refractivity contribution >= 4 is 35.1 Å². The van der Waals surface area contributed by atoms with E-state index < -0.39 is 5.60 Å². The van der Waals surface area contributed by atoms with E-state index in [1.54, 1.807) is 35.8 Å². The Morgan fingerprint density at radius 3 is 2.52 bits per heavy atom. The first-order chi connectivity index (χ1) is 23.2. The number of nitrogens with zero attached hydrogens (tertiary/aromatic N) is 10. The zero-order chi connectivity index (χ0) is 33.3. The molecule has 1 aromatic carbocycles. The van der Waals surface area contributed by atoms with Crippen LogP contribution in [-0.2, 0) is 16.0 Å². The summed E-state index contributed by atoms with van der Waals surface area (Å²) in [5.74, 6) is 1.25. The summed E-state index contributed by atoms with van der Waals surface area (Å²) in [6, 6.07) is 8.76. The van der Waals surface area contributed by atoms with Gasteiger partial charge in [0.25, 0.3) is 0 Å². The second kappa shape index (κ2) is 13.4. The summed E-state index contributed by atoms with van der Waals surface area (Å²) in [6.45, 7) is 10.4. The van der Waals surface area contributed by atoms with Gasteiger partial charge in [-0.1, -0.05) is 23.9 Å². The van der Waals surface area contributed by atoms with Crippen LogP contribution in [0.25, 0.3) is 16.6 Å². The fraction of sp³-hybridized carbons (Fsp3) is 0.394. The number of piperazine rings is 1. The van der Waals surface area contributed by atoms with Crippen LogP contribution >= 0.6 is 11.8 Å². The SMILES string of the molecule is CC(C)(C)OC(=O)N1CCOC(Cn2cc(-c3cc4c(N5CCN(c6ncc(Sc7ccccc7F)cn6)CC5)ncnn4c3)cn2)C1. The van der Waals surface area contributed by atoms with Crippen LogP contribution in [0.3, 0.4) is 0 Å². The van der Waals surface area contributed by atoms with Gasteiger partial charge in [-0.05, 0) is 39.0 Å². The molecule has 0 aliphatic carbocycles. The Kier molecular flexibility index (Phi) is 8.88. The highest BCUT2D eigenvalue weighted by Gasteiger charge is 2.29.